The number of nitrogens with zero attached hydrogens (tertiary/aromatic N) is 4. The van der Waals surface area contributed by atoms with Gasteiger partial charge in [0.25, 0.3) is 0 Å². The third kappa shape index (κ3) is 3.93. The summed E-state index contributed by atoms with van der Waals surface area (Å²) in [6.45, 7) is 3.22. The topological polar surface area (TPSA) is 53.9 Å². The molecule has 0 spiro atoms. The Kier molecular flexibility index (Phi) is 4.45. The van der Waals surface area contributed by atoms with Gasteiger partial charge in [-0.05, 0) is 29.9 Å². The van der Waals surface area contributed by atoms with Crippen LogP contribution < -0.4 is 10.2 Å². The van der Waals surface area contributed by atoms with Crippen LogP contribution >= 0.6 is 11.6 Å². The van der Waals surface area contributed by atoms with E-state index in [0.717, 1.165) is 6.54 Å². The maximum Gasteiger partial charge on any atom is 0.230 e. The standard InChI is InChI=1S/C13H22ClN5/c1-13(7-5-4-6-8-13)9-15-11-16-10(14)17-12(18-11)19(2)3/h4-9H2,1-3H3,(H,15,16,17,18). The van der Waals surface area contributed by atoms with Gasteiger partial charge in [0.1, 0.15) is 0 Å². The van der Waals surface area contributed by atoms with E-state index >= 15 is 0 Å². The molecule has 19 heavy (non-hydrogen) atoms. The highest BCUT2D eigenvalue weighted by molar-refractivity contribution is 6.28. The van der Waals surface area contributed by atoms with Gasteiger partial charge in [0.15, 0.2) is 0 Å². The van der Waals surface area contributed by atoms with Crippen LogP contribution in [0.4, 0.5) is 11.9 Å². The predicted molar refractivity (Wildman–Crippen MR) is 78.8 cm³/mol. The number of anilines is 2. The number of aromatic nitrogens is 3. The minimum atomic E-state index is 0.231. The van der Waals surface area contributed by atoms with E-state index in [-0.39, 0.29) is 5.28 Å². The molecular formula is C13H22ClN5. The van der Waals surface area contributed by atoms with Gasteiger partial charge < -0.3 is 10.2 Å². The van der Waals surface area contributed by atoms with Crippen LogP contribution in [-0.2, 0) is 0 Å². The van der Waals surface area contributed by atoms with E-state index in [1.165, 1.54) is 32.1 Å². The number of hydrogen-bond acceptors (Lipinski definition) is 5. The van der Waals surface area contributed by atoms with E-state index in [9.17, 15) is 0 Å². The molecular weight excluding hydrogens is 262 g/mol. The zero-order valence-corrected chi connectivity index (χ0v) is 12.7. The summed E-state index contributed by atoms with van der Waals surface area (Å²) in [6.07, 6.45) is 6.52. The fourth-order valence-corrected chi connectivity index (χ4v) is 2.65. The van der Waals surface area contributed by atoms with Crippen LogP contribution in [-0.4, -0.2) is 35.6 Å². The molecule has 0 aliphatic heterocycles. The van der Waals surface area contributed by atoms with Crippen molar-refractivity contribution in [1.29, 1.82) is 0 Å². The minimum absolute atomic E-state index is 0.231. The van der Waals surface area contributed by atoms with Crippen molar-refractivity contribution >= 4 is 23.5 Å². The summed E-state index contributed by atoms with van der Waals surface area (Å²) in [6, 6.07) is 0. The summed E-state index contributed by atoms with van der Waals surface area (Å²) in [7, 11) is 3.77. The van der Waals surface area contributed by atoms with E-state index in [0.29, 0.717) is 17.3 Å². The van der Waals surface area contributed by atoms with Crippen LogP contribution in [0.15, 0.2) is 0 Å². The largest absolute Gasteiger partial charge is 0.353 e. The van der Waals surface area contributed by atoms with E-state index < -0.39 is 0 Å². The van der Waals surface area contributed by atoms with Crippen LogP contribution in [0.3, 0.4) is 0 Å². The second-order valence-electron chi connectivity index (χ2n) is 5.85. The van der Waals surface area contributed by atoms with Gasteiger partial charge in [0.2, 0.25) is 17.2 Å². The normalized spacial score (nSPS) is 18.1. The van der Waals surface area contributed by atoms with Crippen LogP contribution in [0.5, 0.6) is 0 Å². The summed E-state index contributed by atoms with van der Waals surface area (Å²) in [5.41, 5.74) is 0.343. The van der Waals surface area contributed by atoms with Crippen LogP contribution in [0.1, 0.15) is 39.0 Å². The zero-order valence-electron chi connectivity index (χ0n) is 11.9. The molecule has 0 unspecified atom stereocenters. The van der Waals surface area contributed by atoms with Gasteiger partial charge in [0, 0.05) is 20.6 Å². The molecule has 0 amide bonds. The summed E-state index contributed by atoms with van der Waals surface area (Å²) in [5.74, 6) is 1.15. The molecule has 0 atom stereocenters. The number of nitrogens with one attached hydrogen (secondary N) is 1. The maximum atomic E-state index is 5.92. The van der Waals surface area contributed by atoms with Gasteiger partial charge in [-0.15, -0.1) is 0 Å². The summed E-state index contributed by atoms with van der Waals surface area (Å²) in [5, 5.41) is 3.55. The Hall–Kier alpha value is -1.10. The van der Waals surface area contributed by atoms with Crippen molar-refractivity contribution in [3.05, 3.63) is 5.28 Å². The highest BCUT2D eigenvalue weighted by Gasteiger charge is 2.26. The lowest BCUT2D eigenvalue weighted by Crippen LogP contribution is -2.29. The van der Waals surface area contributed by atoms with Gasteiger partial charge in [-0.2, -0.15) is 15.0 Å². The number of hydrogen-bond donors (Lipinski definition) is 1. The number of rotatable bonds is 4. The fourth-order valence-electron chi connectivity index (χ4n) is 2.49. The SMILES string of the molecule is CN(C)c1nc(Cl)nc(NCC2(C)CCCCC2)n1. The second-order valence-corrected chi connectivity index (χ2v) is 6.19. The van der Waals surface area contributed by atoms with E-state index in [2.05, 4.69) is 27.2 Å². The highest BCUT2D eigenvalue weighted by atomic mass is 35.5. The van der Waals surface area contributed by atoms with Crippen molar-refractivity contribution in [2.24, 2.45) is 5.41 Å². The van der Waals surface area contributed by atoms with Gasteiger partial charge >= 0.3 is 0 Å². The third-order valence-corrected chi connectivity index (χ3v) is 3.90. The second kappa shape index (κ2) is 5.90. The average Bonchev–Trinajstić information content (AvgIpc) is 2.37. The van der Waals surface area contributed by atoms with E-state index in [4.69, 9.17) is 11.6 Å². The third-order valence-electron chi connectivity index (χ3n) is 3.73. The lowest BCUT2D eigenvalue weighted by molar-refractivity contribution is 0.233. The average molecular weight is 284 g/mol. The lowest BCUT2D eigenvalue weighted by Gasteiger charge is -2.33. The maximum absolute atomic E-state index is 5.92. The van der Waals surface area contributed by atoms with Gasteiger partial charge in [0.05, 0.1) is 0 Å². The van der Waals surface area contributed by atoms with Crippen molar-refractivity contribution in [3.8, 4) is 0 Å². The molecule has 1 N–H and O–H groups in total. The zero-order chi connectivity index (χ0) is 13.9. The molecule has 2 rings (SSSR count). The summed E-state index contributed by atoms with van der Waals surface area (Å²) in [4.78, 5) is 14.4. The lowest BCUT2D eigenvalue weighted by atomic mass is 9.76. The fraction of sp³-hybridized carbons (Fsp3) is 0.769. The van der Waals surface area contributed by atoms with E-state index in [1.54, 1.807) is 0 Å². The Morgan fingerprint density at radius 1 is 1.16 bits per heavy atom. The van der Waals surface area contributed by atoms with Crippen LogP contribution in [0.2, 0.25) is 5.28 Å². The molecule has 0 aromatic carbocycles. The molecule has 5 nitrogen and oxygen atoms in total. The Balaban J connectivity index is 2.02. The van der Waals surface area contributed by atoms with Gasteiger partial charge in [-0.1, -0.05) is 26.2 Å². The van der Waals surface area contributed by atoms with E-state index in [1.807, 2.05) is 19.0 Å². The molecule has 0 radical (unpaired) electrons. The molecule has 1 saturated carbocycles. The first-order valence-electron chi connectivity index (χ1n) is 6.81. The predicted octanol–water partition coefficient (Wildman–Crippen LogP) is 2.97. The monoisotopic (exact) mass is 283 g/mol. The molecule has 1 aliphatic rings. The van der Waals surface area contributed by atoms with Crippen LogP contribution in [0.25, 0.3) is 0 Å². The molecule has 1 heterocycles. The Bertz CT molecular complexity index is 429. The molecule has 106 valence electrons. The molecule has 1 aliphatic carbocycles. The van der Waals surface area contributed by atoms with Gasteiger partial charge in [-0.25, -0.2) is 0 Å². The first-order chi connectivity index (χ1) is 8.98. The van der Waals surface area contributed by atoms with Crippen molar-refractivity contribution in [1.82, 2.24) is 15.0 Å². The molecule has 0 saturated heterocycles. The highest BCUT2D eigenvalue weighted by Crippen LogP contribution is 2.35. The van der Waals surface area contributed by atoms with Crippen molar-refractivity contribution in [3.63, 3.8) is 0 Å². The molecule has 1 aromatic rings. The molecule has 0 bridgehead atoms. The number of halogens is 1. The van der Waals surface area contributed by atoms with Crippen molar-refractivity contribution in [2.45, 2.75) is 39.0 Å². The quantitative estimate of drug-likeness (QED) is 0.921. The Labute approximate surface area is 119 Å². The first kappa shape index (κ1) is 14.3. The van der Waals surface area contributed by atoms with Crippen molar-refractivity contribution in [2.75, 3.05) is 30.9 Å². The molecule has 6 heteroatoms. The first-order valence-corrected chi connectivity index (χ1v) is 7.19. The van der Waals surface area contributed by atoms with Crippen LogP contribution in [0, 0.1) is 5.41 Å². The summed E-state index contributed by atoms with van der Waals surface area (Å²) < 4.78 is 0. The smallest absolute Gasteiger partial charge is 0.230 e. The molecule has 1 aromatic heterocycles. The van der Waals surface area contributed by atoms with Gasteiger partial charge in [-0.3, -0.25) is 0 Å². The Morgan fingerprint density at radius 2 is 1.84 bits per heavy atom. The minimum Gasteiger partial charge on any atom is -0.353 e. The Morgan fingerprint density at radius 3 is 2.47 bits per heavy atom. The summed E-state index contributed by atoms with van der Waals surface area (Å²) >= 11 is 5.92. The molecule has 1 fully saturated rings. The van der Waals surface area contributed by atoms with Crippen molar-refractivity contribution < 1.29 is 0 Å².